The standard InChI is InChI=1S/C11H14N2/c1-4-6-11-9(5-2)10(12-3)7-8-13-11/h4-8,12H,1H2,2-3H3/b9-5-,11-6+. The molecule has 0 unspecified atom stereocenters. The van der Waals surface area contributed by atoms with Crippen LogP contribution in [0.4, 0.5) is 5.69 Å². The maximum absolute atomic E-state index is 4.25. The van der Waals surface area contributed by atoms with Crippen LogP contribution in [0.1, 0.15) is 6.92 Å². The quantitative estimate of drug-likeness (QED) is 0.720. The Bertz CT molecular complexity index is 405. The second kappa shape index (κ2) is 4.45. The van der Waals surface area contributed by atoms with Gasteiger partial charge in [0.05, 0.1) is 5.35 Å². The third-order valence-electron chi connectivity index (χ3n) is 1.85. The van der Waals surface area contributed by atoms with Crippen molar-refractivity contribution in [3.05, 3.63) is 35.5 Å². The third-order valence-corrected chi connectivity index (χ3v) is 1.85. The molecule has 0 aliphatic rings. The van der Waals surface area contributed by atoms with Gasteiger partial charge in [0.2, 0.25) is 0 Å². The molecule has 0 fully saturated rings. The van der Waals surface area contributed by atoms with E-state index in [0.29, 0.717) is 0 Å². The molecule has 0 saturated carbocycles. The summed E-state index contributed by atoms with van der Waals surface area (Å²) in [5, 5.41) is 5.18. The van der Waals surface area contributed by atoms with Gasteiger partial charge in [0.25, 0.3) is 0 Å². The van der Waals surface area contributed by atoms with Crippen LogP contribution in [0, 0.1) is 0 Å². The van der Waals surface area contributed by atoms with E-state index in [2.05, 4.69) is 16.9 Å². The first-order chi connectivity index (χ1) is 6.33. The van der Waals surface area contributed by atoms with Crippen molar-refractivity contribution in [2.24, 2.45) is 0 Å². The Hall–Kier alpha value is -1.57. The topological polar surface area (TPSA) is 24.9 Å². The van der Waals surface area contributed by atoms with Gasteiger partial charge in [-0.15, -0.1) is 0 Å². The summed E-state index contributed by atoms with van der Waals surface area (Å²) < 4.78 is 0. The molecule has 1 heterocycles. The van der Waals surface area contributed by atoms with E-state index in [9.17, 15) is 0 Å². The maximum Gasteiger partial charge on any atom is 0.0719 e. The fraction of sp³-hybridized carbons (Fsp3) is 0.182. The van der Waals surface area contributed by atoms with Crippen molar-refractivity contribution in [2.75, 3.05) is 12.4 Å². The number of nitrogens with zero attached hydrogens (tertiary/aromatic N) is 1. The lowest BCUT2D eigenvalue weighted by molar-refractivity contribution is 1.21. The zero-order chi connectivity index (χ0) is 9.68. The highest BCUT2D eigenvalue weighted by atomic mass is 14.8. The Kier molecular flexibility index (Phi) is 3.26. The molecule has 0 radical (unpaired) electrons. The Balaban J connectivity index is 3.56. The Morgan fingerprint density at radius 2 is 2.31 bits per heavy atom. The molecule has 2 nitrogen and oxygen atoms in total. The highest BCUT2D eigenvalue weighted by Gasteiger charge is 1.91. The van der Waals surface area contributed by atoms with Gasteiger partial charge in [-0.3, -0.25) is 4.98 Å². The number of pyridine rings is 1. The molecule has 2 heteroatoms. The molecular formula is C11H14N2. The van der Waals surface area contributed by atoms with Crippen LogP contribution in [0.25, 0.3) is 12.2 Å². The van der Waals surface area contributed by atoms with Crippen LogP contribution >= 0.6 is 0 Å². The number of hydrogen-bond acceptors (Lipinski definition) is 2. The molecular weight excluding hydrogens is 160 g/mol. The van der Waals surface area contributed by atoms with E-state index in [1.54, 1.807) is 12.3 Å². The van der Waals surface area contributed by atoms with Gasteiger partial charge in [0.1, 0.15) is 0 Å². The van der Waals surface area contributed by atoms with Gasteiger partial charge in [-0.05, 0) is 19.1 Å². The smallest absolute Gasteiger partial charge is 0.0719 e. The molecule has 1 N–H and O–H groups in total. The normalized spacial score (nSPS) is 13.1. The highest BCUT2D eigenvalue weighted by Crippen LogP contribution is 1.91. The van der Waals surface area contributed by atoms with Crippen LogP contribution in [0.2, 0.25) is 0 Å². The minimum atomic E-state index is 0.948. The SMILES string of the molecule is C=C/C=c1/nccc(NC)/c1=C/C. The third kappa shape index (κ3) is 1.96. The van der Waals surface area contributed by atoms with Gasteiger partial charge in [-0.2, -0.15) is 0 Å². The predicted octanol–water partition coefficient (Wildman–Crippen LogP) is 0.890. The molecule has 0 amide bonds. The predicted molar refractivity (Wildman–Crippen MR) is 57.8 cm³/mol. The molecule has 0 spiro atoms. The zero-order valence-electron chi connectivity index (χ0n) is 8.04. The average molecular weight is 174 g/mol. The summed E-state index contributed by atoms with van der Waals surface area (Å²) in [5.74, 6) is 0. The van der Waals surface area contributed by atoms with Crippen LogP contribution in [0.3, 0.4) is 0 Å². The van der Waals surface area contributed by atoms with E-state index in [-0.39, 0.29) is 0 Å². The molecule has 1 aromatic rings. The Morgan fingerprint density at radius 1 is 1.54 bits per heavy atom. The van der Waals surface area contributed by atoms with Gasteiger partial charge in [-0.25, -0.2) is 0 Å². The average Bonchev–Trinajstić information content (AvgIpc) is 2.18. The summed E-state index contributed by atoms with van der Waals surface area (Å²) in [6.45, 7) is 5.66. The largest absolute Gasteiger partial charge is 0.388 e. The summed E-state index contributed by atoms with van der Waals surface area (Å²) >= 11 is 0. The van der Waals surface area contributed by atoms with E-state index in [1.165, 1.54) is 0 Å². The fourth-order valence-electron chi connectivity index (χ4n) is 1.26. The van der Waals surface area contributed by atoms with Gasteiger partial charge in [0, 0.05) is 24.2 Å². The van der Waals surface area contributed by atoms with Gasteiger partial charge in [0.15, 0.2) is 0 Å². The van der Waals surface area contributed by atoms with E-state index in [0.717, 1.165) is 16.3 Å². The summed E-state index contributed by atoms with van der Waals surface area (Å²) in [4.78, 5) is 4.25. The number of hydrogen-bond donors (Lipinski definition) is 1. The molecule has 68 valence electrons. The van der Waals surface area contributed by atoms with Crippen LogP contribution in [0.15, 0.2) is 24.9 Å². The van der Waals surface area contributed by atoms with Gasteiger partial charge >= 0.3 is 0 Å². The number of rotatable bonds is 2. The first kappa shape index (κ1) is 9.52. The van der Waals surface area contributed by atoms with Crippen LogP contribution in [-0.2, 0) is 0 Å². The Morgan fingerprint density at radius 3 is 2.85 bits per heavy atom. The van der Waals surface area contributed by atoms with E-state index in [1.807, 2.05) is 32.2 Å². The van der Waals surface area contributed by atoms with Gasteiger partial charge < -0.3 is 5.32 Å². The molecule has 0 aliphatic carbocycles. The lowest BCUT2D eigenvalue weighted by atomic mass is 10.2. The molecule has 0 atom stereocenters. The molecule has 1 rings (SSSR count). The molecule has 1 aromatic heterocycles. The van der Waals surface area contributed by atoms with E-state index < -0.39 is 0 Å². The molecule has 0 bridgehead atoms. The van der Waals surface area contributed by atoms with Crippen molar-refractivity contribution in [3.63, 3.8) is 0 Å². The van der Waals surface area contributed by atoms with Crippen molar-refractivity contribution in [1.82, 2.24) is 4.98 Å². The maximum atomic E-state index is 4.25. The number of allylic oxidation sites excluding steroid dienone is 1. The van der Waals surface area contributed by atoms with Crippen LogP contribution in [0.5, 0.6) is 0 Å². The summed E-state index contributed by atoms with van der Waals surface area (Å²) in [6.07, 6.45) is 7.47. The van der Waals surface area contributed by atoms with Gasteiger partial charge in [-0.1, -0.05) is 18.7 Å². The number of anilines is 1. The monoisotopic (exact) mass is 174 g/mol. The van der Waals surface area contributed by atoms with Crippen LogP contribution < -0.4 is 15.9 Å². The van der Waals surface area contributed by atoms with Crippen molar-refractivity contribution in [1.29, 1.82) is 0 Å². The molecule has 0 saturated heterocycles. The first-order valence-corrected chi connectivity index (χ1v) is 4.25. The minimum absolute atomic E-state index is 0.948. The lowest BCUT2D eigenvalue weighted by Crippen LogP contribution is -2.29. The highest BCUT2D eigenvalue weighted by molar-refractivity contribution is 5.49. The minimum Gasteiger partial charge on any atom is -0.388 e. The molecule has 0 aliphatic heterocycles. The molecule has 13 heavy (non-hydrogen) atoms. The van der Waals surface area contributed by atoms with E-state index in [4.69, 9.17) is 0 Å². The van der Waals surface area contributed by atoms with Crippen LogP contribution in [-0.4, -0.2) is 12.0 Å². The number of nitrogens with one attached hydrogen (secondary N) is 1. The summed E-state index contributed by atoms with van der Waals surface area (Å²) in [6, 6.07) is 1.95. The summed E-state index contributed by atoms with van der Waals surface area (Å²) in [5.41, 5.74) is 1.09. The molecule has 0 aromatic carbocycles. The van der Waals surface area contributed by atoms with E-state index >= 15 is 0 Å². The second-order valence-electron chi connectivity index (χ2n) is 2.60. The Labute approximate surface area is 78.3 Å². The van der Waals surface area contributed by atoms with Crippen molar-refractivity contribution < 1.29 is 0 Å². The summed E-state index contributed by atoms with van der Waals surface area (Å²) in [7, 11) is 1.90. The number of aromatic nitrogens is 1. The van der Waals surface area contributed by atoms with Crippen molar-refractivity contribution in [2.45, 2.75) is 6.92 Å². The fourth-order valence-corrected chi connectivity index (χ4v) is 1.26. The lowest BCUT2D eigenvalue weighted by Gasteiger charge is -1.99. The first-order valence-electron chi connectivity index (χ1n) is 4.25. The van der Waals surface area contributed by atoms with Crippen molar-refractivity contribution >= 4 is 17.8 Å². The second-order valence-corrected chi connectivity index (χ2v) is 2.60. The van der Waals surface area contributed by atoms with Crippen molar-refractivity contribution in [3.8, 4) is 0 Å². The zero-order valence-corrected chi connectivity index (χ0v) is 8.04.